The SMILES string of the molecule is Cc1cc(NCCBr)ccc1C(F)(F)P(=O)(O)O. The van der Waals surface area contributed by atoms with E-state index in [2.05, 4.69) is 21.2 Å². The molecule has 0 spiro atoms. The van der Waals surface area contributed by atoms with Gasteiger partial charge in [-0.25, -0.2) is 0 Å². The van der Waals surface area contributed by atoms with Crippen LogP contribution < -0.4 is 5.32 Å². The van der Waals surface area contributed by atoms with Gasteiger partial charge in [0.2, 0.25) is 0 Å². The molecular weight excluding hydrogens is 331 g/mol. The Kier molecular flexibility index (Phi) is 4.89. The zero-order valence-corrected chi connectivity index (χ0v) is 12.0. The highest BCUT2D eigenvalue weighted by molar-refractivity contribution is 9.09. The summed E-state index contributed by atoms with van der Waals surface area (Å²) < 4.78 is 37.8. The lowest BCUT2D eigenvalue weighted by atomic mass is 10.1. The Morgan fingerprint density at radius 1 is 1.44 bits per heavy atom. The Morgan fingerprint density at radius 3 is 2.50 bits per heavy atom. The summed E-state index contributed by atoms with van der Waals surface area (Å²) in [7, 11) is -5.52. The molecule has 0 unspecified atom stereocenters. The lowest BCUT2D eigenvalue weighted by molar-refractivity contribution is 0.0558. The van der Waals surface area contributed by atoms with Crippen molar-refractivity contribution < 1.29 is 23.1 Å². The molecular formula is C10H13BrF2NO3P. The molecule has 4 nitrogen and oxygen atoms in total. The number of benzene rings is 1. The Labute approximate surface area is 112 Å². The molecule has 3 N–H and O–H groups in total. The predicted molar refractivity (Wildman–Crippen MR) is 69.4 cm³/mol. The minimum atomic E-state index is -5.52. The van der Waals surface area contributed by atoms with Gasteiger partial charge in [0, 0.05) is 23.1 Å². The molecule has 8 heteroatoms. The quantitative estimate of drug-likeness (QED) is 0.567. The van der Waals surface area contributed by atoms with E-state index >= 15 is 0 Å². The molecule has 0 fully saturated rings. The average Bonchev–Trinajstić information content (AvgIpc) is 2.24. The van der Waals surface area contributed by atoms with Gasteiger partial charge in [-0.1, -0.05) is 22.0 Å². The zero-order valence-electron chi connectivity index (χ0n) is 9.53. The van der Waals surface area contributed by atoms with Crippen LogP contribution in [0.5, 0.6) is 0 Å². The van der Waals surface area contributed by atoms with Crippen molar-refractivity contribution in [3.05, 3.63) is 29.3 Å². The third-order valence-corrected chi connectivity index (χ3v) is 3.71. The summed E-state index contributed by atoms with van der Waals surface area (Å²) >= 11 is 3.21. The maximum Gasteiger partial charge on any atom is 0.399 e. The number of halogens is 3. The average molecular weight is 344 g/mol. The molecule has 0 saturated carbocycles. The molecule has 0 radical (unpaired) electrons. The zero-order chi connectivity index (χ0) is 14.0. The lowest BCUT2D eigenvalue weighted by Crippen LogP contribution is -2.15. The van der Waals surface area contributed by atoms with E-state index in [1.54, 1.807) is 0 Å². The van der Waals surface area contributed by atoms with Gasteiger partial charge in [-0.2, -0.15) is 8.78 Å². The summed E-state index contributed by atoms with van der Waals surface area (Å²) in [6.07, 6.45) is 0. The molecule has 1 aromatic rings. The first kappa shape index (κ1) is 15.6. The van der Waals surface area contributed by atoms with Crippen LogP contribution in [0.2, 0.25) is 0 Å². The highest BCUT2D eigenvalue weighted by Gasteiger charge is 2.51. The van der Waals surface area contributed by atoms with Crippen molar-refractivity contribution in [1.29, 1.82) is 0 Å². The van der Waals surface area contributed by atoms with Crippen LogP contribution in [0.15, 0.2) is 18.2 Å². The second-order valence-electron chi connectivity index (χ2n) is 3.73. The Morgan fingerprint density at radius 2 is 2.06 bits per heavy atom. The molecule has 1 aromatic carbocycles. The molecule has 0 aromatic heterocycles. The van der Waals surface area contributed by atoms with Crippen LogP contribution in [-0.2, 0) is 10.2 Å². The smallest absolute Gasteiger partial charge is 0.384 e. The fourth-order valence-electron chi connectivity index (χ4n) is 1.46. The van der Waals surface area contributed by atoms with Crippen molar-refractivity contribution >= 4 is 29.2 Å². The number of aryl methyl sites for hydroxylation is 1. The van der Waals surface area contributed by atoms with Gasteiger partial charge in [0.25, 0.3) is 0 Å². The normalized spacial score (nSPS) is 12.6. The van der Waals surface area contributed by atoms with E-state index in [4.69, 9.17) is 9.79 Å². The van der Waals surface area contributed by atoms with Gasteiger partial charge >= 0.3 is 13.3 Å². The fraction of sp³-hybridized carbons (Fsp3) is 0.400. The minimum absolute atomic E-state index is 0.128. The molecule has 0 atom stereocenters. The van der Waals surface area contributed by atoms with Crippen LogP contribution in [-0.4, -0.2) is 21.7 Å². The predicted octanol–water partition coefficient (Wildman–Crippen LogP) is 3.03. The van der Waals surface area contributed by atoms with Crippen molar-refractivity contribution in [2.45, 2.75) is 12.6 Å². The first-order valence-corrected chi connectivity index (χ1v) is 7.78. The van der Waals surface area contributed by atoms with E-state index < -0.39 is 18.8 Å². The second-order valence-corrected chi connectivity index (χ2v) is 6.17. The molecule has 0 aliphatic carbocycles. The summed E-state index contributed by atoms with van der Waals surface area (Å²) in [5.74, 6) is 0. The van der Waals surface area contributed by atoms with E-state index in [0.717, 1.165) is 6.07 Å². The molecule has 18 heavy (non-hydrogen) atoms. The van der Waals surface area contributed by atoms with Gasteiger partial charge in [0.05, 0.1) is 0 Å². The molecule has 0 saturated heterocycles. The van der Waals surface area contributed by atoms with Gasteiger partial charge in [-0.3, -0.25) is 4.57 Å². The highest BCUT2D eigenvalue weighted by atomic mass is 79.9. The Bertz CT molecular complexity index is 478. The first-order chi connectivity index (χ1) is 8.20. The monoisotopic (exact) mass is 343 g/mol. The fourth-order valence-corrected chi connectivity index (χ4v) is 2.22. The van der Waals surface area contributed by atoms with Gasteiger partial charge in [0.1, 0.15) is 0 Å². The maximum atomic E-state index is 13.5. The second kappa shape index (κ2) is 5.65. The first-order valence-electron chi connectivity index (χ1n) is 5.04. The third-order valence-electron chi connectivity index (χ3n) is 2.34. The Balaban J connectivity index is 3.10. The van der Waals surface area contributed by atoms with Gasteiger partial charge in [-0.05, 0) is 24.6 Å². The van der Waals surface area contributed by atoms with Crippen LogP contribution >= 0.6 is 23.5 Å². The number of hydrogen-bond acceptors (Lipinski definition) is 2. The van der Waals surface area contributed by atoms with Gasteiger partial charge < -0.3 is 15.1 Å². The highest BCUT2D eigenvalue weighted by Crippen LogP contribution is 2.59. The van der Waals surface area contributed by atoms with E-state index in [-0.39, 0.29) is 5.56 Å². The summed E-state index contributed by atoms with van der Waals surface area (Å²) in [6, 6.07) is 3.83. The van der Waals surface area contributed by atoms with E-state index in [1.165, 1.54) is 19.1 Å². The van der Waals surface area contributed by atoms with Crippen LogP contribution in [0.4, 0.5) is 14.5 Å². The summed E-state index contributed by atoms with van der Waals surface area (Å²) in [5.41, 5.74) is -4.06. The standard InChI is InChI=1S/C10H13BrF2NO3P/c1-7-6-8(14-5-4-11)2-3-9(7)10(12,13)18(15,16)17/h2-3,6,14H,4-5H2,1H3,(H2,15,16,17). The van der Waals surface area contributed by atoms with E-state index in [9.17, 15) is 13.3 Å². The van der Waals surface area contributed by atoms with E-state index in [0.29, 0.717) is 17.6 Å². The summed E-state index contributed by atoms with van der Waals surface area (Å²) in [5, 5.41) is 3.67. The number of hydrogen-bond donors (Lipinski definition) is 3. The Hall–Kier alpha value is -0.490. The van der Waals surface area contributed by atoms with Crippen molar-refractivity contribution in [1.82, 2.24) is 0 Å². The molecule has 0 aliphatic heterocycles. The van der Waals surface area contributed by atoms with Crippen LogP contribution in [0, 0.1) is 6.92 Å². The third kappa shape index (κ3) is 3.29. The lowest BCUT2D eigenvalue weighted by Gasteiger charge is -2.20. The van der Waals surface area contributed by atoms with E-state index in [1.807, 2.05) is 0 Å². The topological polar surface area (TPSA) is 69.6 Å². The van der Waals surface area contributed by atoms with Gasteiger partial charge in [0.15, 0.2) is 0 Å². The molecule has 0 bridgehead atoms. The molecule has 102 valence electrons. The number of rotatable bonds is 5. The molecule has 0 aliphatic rings. The molecule has 0 amide bonds. The molecule has 0 heterocycles. The summed E-state index contributed by atoms with van der Waals surface area (Å²) in [6.45, 7) is 2.01. The number of nitrogens with one attached hydrogen (secondary N) is 1. The number of alkyl halides is 3. The van der Waals surface area contributed by atoms with Crippen LogP contribution in [0.3, 0.4) is 0 Å². The van der Waals surface area contributed by atoms with Crippen LogP contribution in [0.1, 0.15) is 11.1 Å². The number of anilines is 1. The largest absolute Gasteiger partial charge is 0.399 e. The van der Waals surface area contributed by atoms with Gasteiger partial charge in [-0.15, -0.1) is 0 Å². The minimum Gasteiger partial charge on any atom is -0.384 e. The molecule has 1 rings (SSSR count). The van der Waals surface area contributed by atoms with Crippen molar-refractivity contribution in [2.75, 3.05) is 17.2 Å². The van der Waals surface area contributed by atoms with Crippen molar-refractivity contribution in [3.63, 3.8) is 0 Å². The van der Waals surface area contributed by atoms with Crippen molar-refractivity contribution in [2.24, 2.45) is 0 Å². The summed E-state index contributed by atoms with van der Waals surface area (Å²) in [4.78, 5) is 17.3. The maximum absolute atomic E-state index is 13.5. The van der Waals surface area contributed by atoms with Crippen LogP contribution in [0.25, 0.3) is 0 Å². The van der Waals surface area contributed by atoms with Crippen molar-refractivity contribution in [3.8, 4) is 0 Å².